The van der Waals surface area contributed by atoms with Crippen molar-refractivity contribution in [2.75, 3.05) is 18.1 Å². The summed E-state index contributed by atoms with van der Waals surface area (Å²) in [6.07, 6.45) is 3.11. The Bertz CT molecular complexity index is 782. The minimum absolute atomic E-state index is 0.0354. The van der Waals surface area contributed by atoms with E-state index in [1.165, 1.54) is 5.56 Å². The van der Waals surface area contributed by atoms with Gasteiger partial charge in [-0.15, -0.1) is 0 Å². The number of Topliss-reactive ketones (excluding diaryl/α,β-unsaturated/α-hetero) is 1. The summed E-state index contributed by atoms with van der Waals surface area (Å²) in [5.74, 6) is -0.501. The molecule has 1 aromatic rings. The minimum Gasteiger partial charge on any atom is -0.463 e. The SMILES string of the molecule is C=O.CC.N[C@H]1CCCc2cccc3c2N(CC1=O)C(C(=O)NC1COC(=O)C1)C3. The van der Waals surface area contributed by atoms with Crippen LogP contribution < -0.4 is 16.0 Å². The fraction of sp³-hybridized carbons (Fsp3) is 0.545. The monoisotopic (exact) mass is 417 g/mol. The molecule has 4 rings (SSSR count). The normalized spacial score (nSPS) is 24.6. The van der Waals surface area contributed by atoms with Crippen LogP contribution in [0.25, 0.3) is 0 Å². The second-order valence-corrected chi connectivity index (χ2v) is 7.33. The number of ketones is 1. The highest BCUT2D eigenvalue weighted by Gasteiger charge is 2.39. The molecule has 0 spiro atoms. The van der Waals surface area contributed by atoms with E-state index in [4.69, 9.17) is 15.3 Å². The number of para-hydroxylation sites is 1. The van der Waals surface area contributed by atoms with Gasteiger partial charge >= 0.3 is 5.97 Å². The lowest BCUT2D eigenvalue weighted by molar-refractivity contribution is -0.138. The number of nitrogens with zero attached hydrogens (tertiary/aromatic N) is 1. The van der Waals surface area contributed by atoms with Crippen molar-refractivity contribution in [3.8, 4) is 0 Å². The second kappa shape index (κ2) is 10.9. The van der Waals surface area contributed by atoms with E-state index in [1.54, 1.807) is 0 Å². The number of benzene rings is 1. The Hall–Kier alpha value is -2.74. The highest BCUT2D eigenvalue weighted by molar-refractivity contribution is 5.95. The summed E-state index contributed by atoms with van der Waals surface area (Å²) in [7, 11) is 0. The maximum Gasteiger partial charge on any atom is 0.308 e. The number of esters is 1. The first-order valence-electron chi connectivity index (χ1n) is 10.4. The summed E-state index contributed by atoms with van der Waals surface area (Å²) >= 11 is 0. The van der Waals surface area contributed by atoms with Crippen LogP contribution >= 0.6 is 0 Å². The van der Waals surface area contributed by atoms with E-state index in [1.807, 2.05) is 37.7 Å². The predicted molar refractivity (Wildman–Crippen MR) is 113 cm³/mol. The van der Waals surface area contributed by atoms with E-state index in [9.17, 15) is 14.4 Å². The van der Waals surface area contributed by atoms with Gasteiger partial charge < -0.3 is 25.5 Å². The highest BCUT2D eigenvalue weighted by Crippen LogP contribution is 2.37. The van der Waals surface area contributed by atoms with Gasteiger partial charge in [0.15, 0.2) is 5.78 Å². The number of amides is 1. The Kier molecular flexibility index (Phi) is 8.53. The smallest absolute Gasteiger partial charge is 0.308 e. The molecule has 8 heteroatoms. The molecule has 1 fully saturated rings. The van der Waals surface area contributed by atoms with E-state index in [0.29, 0.717) is 12.8 Å². The quantitative estimate of drug-likeness (QED) is 0.687. The zero-order valence-electron chi connectivity index (χ0n) is 17.7. The third-order valence-corrected chi connectivity index (χ3v) is 5.49. The van der Waals surface area contributed by atoms with Crippen LogP contribution in [0.3, 0.4) is 0 Å². The molecule has 0 aromatic heterocycles. The van der Waals surface area contributed by atoms with E-state index in [0.717, 1.165) is 24.1 Å². The maximum atomic E-state index is 12.9. The molecule has 8 nitrogen and oxygen atoms in total. The van der Waals surface area contributed by atoms with Crippen molar-refractivity contribution in [2.24, 2.45) is 5.73 Å². The van der Waals surface area contributed by atoms with Gasteiger partial charge in [0, 0.05) is 12.1 Å². The first-order valence-corrected chi connectivity index (χ1v) is 10.4. The molecular formula is C22H31N3O5. The number of nitrogens with one attached hydrogen (secondary N) is 1. The topological polar surface area (TPSA) is 119 Å². The van der Waals surface area contributed by atoms with Gasteiger partial charge in [-0.2, -0.15) is 0 Å². The van der Waals surface area contributed by atoms with E-state index in [-0.39, 0.29) is 43.3 Å². The van der Waals surface area contributed by atoms with E-state index >= 15 is 0 Å². The molecule has 0 radical (unpaired) electrons. The molecule has 164 valence electrons. The Labute approximate surface area is 177 Å². The van der Waals surface area contributed by atoms with Crippen LogP contribution in [0.4, 0.5) is 5.69 Å². The summed E-state index contributed by atoms with van der Waals surface area (Å²) in [6.45, 7) is 6.35. The van der Waals surface area contributed by atoms with Crippen LogP contribution in [-0.4, -0.2) is 55.7 Å². The number of rotatable bonds is 2. The second-order valence-electron chi connectivity index (χ2n) is 7.33. The Morgan fingerprint density at radius 1 is 1.20 bits per heavy atom. The lowest BCUT2D eigenvalue weighted by atomic mass is 10.0. The van der Waals surface area contributed by atoms with Crippen molar-refractivity contribution < 1.29 is 23.9 Å². The molecule has 3 atom stereocenters. The number of hydrogen-bond acceptors (Lipinski definition) is 7. The number of anilines is 1. The number of carbonyl (C=O) groups excluding carboxylic acids is 4. The molecular weight excluding hydrogens is 386 g/mol. The van der Waals surface area contributed by atoms with Gasteiger partial charge in [0.1, 0.15) is 19.4 Å². The molecule has 1 saturated heterocycles. The number of carbonyl (C=O) groups is 4. The van der Waals surface area contributed by atoms with Crippen molar-refractivity contribution in [1.29, 1.82) is 0 Å². The molecule has 0 aliphatic carbocycles. The van der Waals surface area contributed by atoms with Gasteiger partial charge in [0.25, 0.3) is 0 Å². The van der Waals surface area contributed by atoms with Gasteiger partial charge in [-0.3, -0.25) is 14.4 Å². The summed E-state index contributed by atoms with van der Waals surface area (Å²) in [5, 5.41) is 2.90. The Balaban J connectivity index is 0.000000757. The molecule has 2 unspecified atom stereocenters. The van der Waals surface area contributed by atoms with Gasteiger partial charge in [0.2, 0.25) is 5.91 Å². The fourth-order valence-corrected chi connectivity index (χ4v) is 4.14. The van der Waals surface area contributed by atoms with Crippen LogP contribution in [0, 0.1) is 0 Å². The van der Waals surface area contributed by atoms with E-state index in [2.05, 4.69) is 11.4 Å². The molecule has 3 aliphatic heterocycles. The zero-order valence-corrected chi connectivity index (χ0v) is 17.7. The zero-order chi connectivity index (χ0) is 22.3. The van der Waals surface area contributed by atoms with Crippen LogP contribution in [0.5, 0.6) is 0 Å². The van der Waals surface area contributed by atoms with Gasteiger partial charge in [-0.25, -0.2) is 0 Å². The average molecular weight is 418 g/mol. The van der Waals surface area contributed by atoms with Crippen LogP contribution in [0.15, 0.2) is 18.2 Å². The first kappa shape index (κ1) is 23.5. The Morgan fingerprint density at radius 3 is 2.57 bits per heavy atom. The standard InChI is InChI=1S/C19H23N3O4.C2H6.CH2O/c20-14-6-2-4-11-3-1-5-12-7-15(22(18(11)12)9-16(14)23)19(25)21-13-8-17(24)26-10-13;2*1-2/h1,3,5,13-15H,2,4,6-10,20H2,(H,21,25);1-2H3;1H2/t13?,14-,15?;;/m0../s1. The van der Waals surface area contributed by atoms with Crippen LogP contribution in [0.1, 0.15) is 44.2 Å². The van der Waals surface area contributed by atoms with Crippen molar-refractivity contribution in [2.45, 2.75) is 64.1 Å². The number of hydrogen-bond donors (Lipinski definition) is 2. The van der Waals surface area contributed by atoms with Crippen molar-refractivity contribution in [1.82, 2.24) is 5.32 Å². The highest BCUT2D eigenvalue weighted by atomic mass is 16.5. The number of ether oxygens (including phenoxy) is 1. The van der Waals surface area contributed by atoms with Crippen molar-refractivity contribution in [3.05, 3.63) is 29.3 Å². The van der Waals surface area contributed by atoms with Gasteiger partial charge in [-0.1, -0.05) is 32.0 Å². The fourth-order valence-electron chi connectivity index (χ4n) is 4.14. The summed E-state index contributed by atoms with van der Waals surface area (Å²) in [5.41, 5.74) is 9.29. The number of nitrogens with two attached hydrogens (primary N) is 1. The number of cyclic esters (lactones) is 1. The van der Waals surface area contributed by atoms with Gasteiger partial charge in [0.05, 0.1) is 25.0 Å². The molecule has 1 amide bonds. The lowest BCUT2D eigenvalue weighted by Gasteiger charge is -2.28. The van der Waals surface area contributed by atoms with Crippen molar-refractivity contribution in [3.63, 3.8) is 0 Å². The van der Waals surface area contributed by atoms with Crippen LogP contribution in [0.2, 0.25) is 0 Å². The molecule has 0 bridgehead atoms. The van der Waals surface area contributed by atoms with Crippen LogP contribution in [-0.2, 0) is 36.8 Å². The van der Waals surface area contributed by atoms with E-state index < -0.39 is 12.1 Å². The minimum atomic E-state index is -0.488. The molecule has 3 heterocycles. The van der Waals surface area contributed by atoms with Crippen molar-refractivity contribution >= 4 is 30.1 Å². The summed E-state index contributed by atoms with van der Waals surface area (Å²) in [6, 6.07) is 4.85. The third-order valence-electron chi connectivity index (χ3n) is 5.49. The average Bonchev–Trinajstić information content (AvgIpc) is 3.35. The Morgan fingerprint density at radius 2 is 1.90 bits per heavy atom. The third kappa shape index (κ3) is 5.05. The molecule has 0 saturated carbocycles. The number of aryl methyl sites for hydroxylation is 1. The lowest BCUT2D eigenvalue weighted by Crippen LogP contribution is -2.51. The van der Waals surface area contributed by atoms with Gasteiger partial charge in [-0.05, 0) is 30.4 Å². The molecule has 30 heavy (non-hydrogen) atoms. The summed E-state index contributed by atoms with van der Waals surface area (Å²) in [4.78, 5) is 46.6. The summed E-state index contributed by atoms with van der Waals surface area (Å²) < 4.78 is 4.92. The first-order chi connectivity index (χ1) is 14.5. The molecule has 3 aliphatic rings. The largest absolute Gasteiger partial charge is 0.463 e. The maximum absolute atomic E-state index is 12.9. The molecule has 3 N–H and O–H groups in total. The predicted octanol–water partition coefficient (Wildman–Crippen LogP) is 0.923. The molecule has 1 aromatic carbocycles.